The van der Waals surface area contributed by atoms with Gasteiger partial charge in [0.05, 0.1) is 4.91 Å². The van der Waals surface area contributed by atoms with Crippen LogP contribution in [0.5, 0.6) is 0 Å². The summed E-state index contributed by atoms with van der Waals surface area (Å²) in [7, 11) is 0. The maximum absolute atomic E-state index is 12.4. The van der Waals surface area contributed by atoms with Gasteiger partial charge in [-0.15, -0.1) is 11.3 Å². The topological polar surface area (TPSA) is 37.4 Å². The highest BCUT2D eigenvalue weighted by molar-refractivity contribution is 8.18. The van der Waals surface area contributed by atoms with Crippen molar-refractivity contribution >= 4 is 40.3 Å². The van der Waals surface area contributed by atoms with E-state index >= 15 is 0 Å². The molecule has 0 bridgehead atoms. The summed E-state index contributed by atoms with van der Waals surface area (Å²) in [6.45, 7) is 2.45. The van der Waals surface area contributed by atoms with Gasteiger partial charge in [-0.2, -0.15) is 0 Å². The van der Waals surface area contributed by atoms with Crippen LogP contribution < -0.4 is 0 Å². The number of carbonyl (C=O) groups excluding carboxylic acids is 2. The van der Waals surface area contributed by atoms with Gasteiger partial charge in [0, 0.05) is 16.3 Å². The van der Waals surface area contributed by atoms with E-state index < -0.39 is 0 Å². The number of nitrogens with zero attached hydrogens (tertiary/aromatic N) is 1. The lowest BCUT2D eigenvalue weighted by atomic mass is 10.1. The Morgan fingerprint density at radius 3 is 2.55 bits per heavy atom. The number of hydrogen-bond acceptors (Lipinski definition) is 4. The molecule has 2 amide bonds. The van der Waals surface area contributed by atoms with Crippen molar-refractivity contribution in [1.82, 2.24) is 4.90 Å². The predicted molar refractivity (Wildman–Crippen MR) is 91.9 cm³/mol. The van der Waals surface area contributed by atoms with Gasteiger partial charge in [0.1, 0.15) is 0 Å². The number of imide groups is 1. The molecule has 1 aromatic heterocycles. The van der Waals surface area contributed by atoms with E-state index in [0.29, 0.717) is 17.9 Å². The van der Waals surface area contributed by atoms with Crippen molar-refractivity contribution in [3.8, 4) is 0 Å². The number of carbonyl (C=O) groups is 2. The van der Waals surface area contributed by atoms with E-state index in [1.54, 1.807) is 11.3 Å². The number of thiophene rings is 1. The van der Waals surface area contributed by atoms with Crippen LogP contribution in [0.2, 0.25) is 0 Å². The minimum atomic E-state index is -0.183. The smallest absolute Gasteiger partial charge is 0.268 e. The molecule has 112 valence electrons. The molecule has 1 aliphatic heterocycles. The molecular weight excluding hydrogens is 314 g/mol. The number of aryl methyl sites for hydroxylation is 1. The third-order valence-electron chi connectivity index (χ3n) is 3.38. The second-order valence-corrected chi connectivity index (χ2v) is 7.33. The molecule has 1 aromatic carbocycles. The van der Waals surface area contributed by atoms with E-state index in [1.807, 2.05) is 55.5 Å². The average molecular weight is 329 g/mol. The first-order valence-corrected chi connectivity index (χ1v) is 8.62. The Labute approximate surface area is 137 Å². The number of thioether (sulfide) groups is 1. The lowest BCUT2D eigenvalue weighted by molar-refractivity contribution is -0.122. The van der Waals surface area contributed by atoms with E-state index in [-0.39, 0.29) is 11.1 Å². The molecule has 3 nitrogen and oxygen atoms in total. The quantitative estimate of drug-likeness (QED) is 0.783. The summed E-state index contributed by atoms with van der Waals surface area (Å²) in [5.41, 5.74) is 1.12. The van der Waals surface area contributed by atoms with Crippen LogP contribution >= 0.6 is 23.1 Å². The van der Waals surface area contributed by atoms with Crippen molar-refractivity contribution in [2.75, 3.05) is 6.54 Å². The predicted octanol–water partition coefficient (Wildman–Crippen LogP) is 4.34. The van der Waals surface area contributed by atoms with Crippen LogP contribution in [-0.4, -0.2) is 22.6 Å². The zero-order chi connectivity index (χ0) is 15.5. The second kappa shape index (κ2) is 6.50. The Hall–Kier alpha value is -1.85. The molecule has 0 aliphatic carbocycles. The first-order valence-electron chi connectivity index (χ1n) is 6.99. The molecule has 0 unspecified atom stereocenters. The highest BCUT2D eigenvalue weighted by atomic mass is 32.2. The van der Waals surface area contributed by atoms with Crippen LogP contribution in [0.15, 0.2) is 47.4 Å². The minimum absolute atomic E-state index is 0.180. The van der Waals surface area contributed by atoms with Crippen molar-refractivity contribution < 1.29 is 9.59 Å². The Balaban J connectivity index is 1.70. The lowest BCUT2D eigenvalue weighted by Gasteiger charge is -2.11. The van der Waals surface area contributed by atoms with Crippen LogP contribution in [0, 0.1) is 6.92 Å². The number of amides is 2. The maximum atomic E-state index is 12.4. The molecule has 0 saturated carbocycles. The van der Waals surface area contributed by atoms with Crippen LogP contribution in [-0.2, 0) is 11.2 Å². The fraction of sp³-hybridized carbons (Fsp3) is 0.176. The van der Waals surface area contributed by atoms with Crippen molar-refractivity contribution in [2.45, 2.75) is 13.3 Å². The SMILES string of the molecule is Cc1ccc(/C=C2\SC(=O)N(CCc3ccccc3)C2=O)s1. The molecule has 0 radical (unpaired) electrons. The average Bonchev–Trinajstić information content (AvgIpc) is 3.03. The molecule has 3 rings (SSSR count). The Kier molecular flexibility index (Phi) is 4.45. The summed E-state index contributed by atoms with van der Waals surface area (Å²) < 4.78 is 0. The maximum Gasteiger partial charge on any atom is 0.293 e. The molecule has 0 spiro atoms. The minimum Gasteiger partial charge on any atom is -0.268 e. The van der Waals surface area contributed by atoms with Crippen molar-refractivity contribution in [3.63, 3.8) is 0 Å². The lowest BCUT2D eigenvalue weighted by Crippen LogP contribution is -2.30. The molecule has 1 saturated heterocycles. The normalized spacial score (nSPS) is 16.8. The molecule has 5 heteroatoms. The van der Waals surface area contributed by atoms with Crippen LogP contribution in [0.1, 0.15) is 15.3 Å². The summed E-state index contributed by atoms with van der Waals surface area (Å²) in [6.07, 6.45) is 2.50. The van der Waals surface area contributed by atoms with Crippen LogP contribution in [0.25, 0.3) is 6.08 Å². The van der Waals surface area contributed by atoms with Gasteiger partial charge in [0.15, 0.2) is 0 Å². The first-order chi connectivity index (χ1) is 10.6. The first kappa shape index (κ1) is 15.1. The van der Waals surface area contributed by atoms with Gasteiger partial charge in [-0.3, -0.25) is 14.5 Å². The fourth-order valence-electron chi connectivity index (χ4n) is 2.24. The summed E-state index contributed by atoms with van der Waals surface area (Å²) in [6, 6.07) is 13.9. The second-order valence-electron chi connectivity index (χ2n) is 5.02. The van der Waals surface area contributed by atoms with Crippen molar-refractivity contribution in [1.29, 1.82) is 0 Å². The van der Waals surface area contributed by atoms with Gasteiger partial charge >= 0.3 is 0 Å². The van der Waals surface area contributed by atoms with Gasteiger partial charge in [-0.1, -0.05) is 30.3 Å². The molecule has 1 fully saturated rings. The molecule has 0 atom stereocenters. The molecule has 22 heavy (non-hydrogen) atoms. The van der Waals surface area contributed by atoms with E-state index in [9.17, 15) is 9.59 Å². The standard InChI is InChI=1S/C17H15NO2S2/c1-12-7-8-14(21-12)11-15-16(19)18(17(20)22-15)10-9-13-5-3-2-4-6-13/h2-8,11H,9-10H2,1H3/b15-11-. The number of benzene rings is 1. The summed E-state index contributed by atoms with van der Waals surface area (Å²) in [5, 5.41) is -0.180. The summed E-state index contributed by atoms with van der Waals surface area (Å²) in [4.78, 5) is 28.5. The van der Waals surface area contributed by atoms with E-state index in [4.69, 9.17) is 0 Å². The van der Waals surface area contributed by atoms with Gasteiger partial charge in [0.2, 0.25) is 0 Å². The highest BCUT2D eigenvalue weighted by Crippen LogP contribution is 2.33. The summed E-state index contributed by atoms with van der Waals surface area (Å²) >= 11 is 2.64. The van der Waals surface area contributed by atoms with E-state index in [1.165, 1.54) is 9.78 Å². The van der Waals surface area contributed by atoms with Crippen LogP contribution in [0.4, 0.5) is 4.79 Å². The monoisotopic (exact) mass is 329 g/mol. The fourth-order valence-corrected chi connectivity index (χ4v) is 3.99. The van der Waals surface area contributed by atoms with Crippen LogP contribution in [0.3, 0.4) is 0 Å². The molecule has 1 aliphatic rings. The van der Waals surface area contributed by atoms with Crippen molar-refractivity contribution in [3.05, 3.63) is 62.7 Å². The van der Waals surface area contributed by atoms with Gasteiger partial charge in [-0.25, -0.2) is 0 Å². The van der Waals surface area contributed by atoms with Gasteiger partial charge < -0.3 is 0 Å². The zero-order valence-electron chi connectivity index (χ0n) is 12.1. The largest absolute Gasteiger partial charge is 0.293 e. The van der Waals surface area contributed by atoms with E-state index in [0.717, 1.165) is 22.2 Å². The number of hydrogen-bond donors (Lipinski definition) is 0. The Bertz CT molecular complexity index is 734. The number of rotatable bonds is 4. The zero-order valence-corrected chi connectivity index (χ0v) is 13.7. The molecule has 0 N–H and O–H groups in total. The highest BCUT2D eigenvalue weighted by Gasteiger charge is 2.34. The molecule has 2 heterocycles. The third kappa shape index (κ3) is 3.31. The third-order valence-corrected chi connectivity index (χ3v) is 5.23. The summed E-state index contributed by atoms with van der Waals surface area (Å²) in [5.74, 6) is -0.183. The van der Waals surface area contributed by atoms with Crippen molar-refractivity contribution in [2.24, 2.45) is 0 Å². The van der Waals surface area contributed by atoms with Gasteiger partial charge in [-0.05, 0) is 48.9 Å². The molecule has 2 aromatic rings. The van der Waals surface area contributed by atoms with Gasteiger partial charge in [0.25, 0.3) is 11.1 Å². The Morgan fingerprint density at radius 2 is 1.86 bits per heavy atom. The van der Waals surface area contributed by atoms with E-state index in [2.05, 4.69) is 0 Å². The Morgan fingerprint density at radius 1 is 1.09 bits per heavy atom. The molecular formula is C17H15NO2S2.